The third-order valence-corrected chi connectivity index (χ3v) is 3.75. The third kappa shape index (κ3) is 6.53. The molecule has 1 atom stereocenters. The van der Waals surface area contributed by atoms with E-state index in [1.165, 1.54) is 0 Å². The van der Waals surface area contributed by atoms with Gasteiger partial charge in [0, 0.05) is 62.1 Å². The van der Waals surface area contributed by atoms with Crippen molar-refractivity contribution in [2.75, 3.05) is 51.3 Å². The number of carboxylic acid groups (broad SMARTS) is 1. The van der Waals surface area contributed by atoms with E-state index < -0.39 is 16.8 Å². The van der Waals surface area contributed by atoms with Gasteiger partial charge in [-0.3, -0.25) is 13.9 Å². The van der Waals surface area contributed by atoms with Crippen LogP contribution in [0.3, 0.4) is 0 Å². The molecule has 1 rings (SSSR count). The van der Waals surface area contributed by atoms with E-state index in [0.717, 1.165) is 0 Å². The Bertz CT molecular complexity index is 343. The summed E-state index contributed by atoms with van der Waals surface area (Å²) in [5.41, 5.74) is 0. The topological polar surface area (TPSA) is 90.0 Å². The first kappa shape index (κ1) is 15.9. The minimum Gasteiger partial charge on any atom is -0.481 e. The predicted molar refractivity (Wildman–Crippen MR) is 72.6 cm³/mol. The number of carboxylic acids is 1. The summed E-state index contributed by atoms with van der Waals surface area (Å²) in [6.07, 6.45) is 1.74. The number of carbonyl (C=O) groups is 2. The number of nitrogens with zero attached hydrogens (tertiary/aromatic N) is 2. The fourth-order valence-corrected chi connectivity index (χ4v) is 2.23. The van der Waals surface area contributed by atoms with Crippen molar-refractivity contribution in [3.63, 3.8) is 0 Å². The van der Waals surface area contributed by atoms with E-state index in [-0.39, 0.29) is 12.5 Å². The molecule has 2 N–H and O–H groups in total. The molecule has 1 aliphatic heterocycles. The van der Waals surface area contributed by atoms with Crippen LogP contribution in [0.5, 0.6) is 0 Å². The fraction of sp³-hybridized carbons (Fsp3) is 0.818. The molecule has 0 bridgehead atoms. The van der Waals surface area contributed by atoms with E-state index in [1.807, 2.05) is 4.90 Å². The lowest BCUT2D eigenvalue weighted by molar-refractivity contribution is -0.137. The fourth-order valence-electron chi connectivity index (χ4n) is 1.84. The highest BCUT2D eigenvalue weighted by molar-refractivity contribution is 7.84. The lowest BCUT2D eigenvalue weighted by Gasteiger charge is -2.34. The van der Waals surface area contributed by atoms with Crippen molar-refractivity contribution in [2.24, 2.45) is 0 Å². The largest absolute Gasteiger partial charge is 0.481 e. The second-order valence-corrected chi connectivity index (χ2v) is 6.04. The van der Waals surface area contributed by atoms with Crippen LogP contribution in [0.4, 0.5) is 4.79 Å². The van der Waals surface area contributed by atoms with Crippen molar-refractivity contribution in [3.8, 4) is 0 Å². The second-order valence-electron chi connectivity index (χ2n) is 4.48. The quantitative estimate of drug-likeness (QED) is 0.666. The van der Waals surface area contributed by atoms with E-state index in [4.69, 9.17) is 5.11 Å². The van der Waals surface area contributed by atoms with Crippen molar-refractivity contribution in [1.29, 1.82) is 0 Å². The normalized spacial score (nSPS) is 18.1. The predicted octanol–water partition coefficient (Wildman–Crippen LogP) is -0.833. The van der Waals surface area contributed by atoms with Gasteiger partial charge in [-0.15, -0.1) is 0 Å². The number of hydrogen-bond donors (Lipinski definition) is 2. The number of hydrogen-bond acceptors (Lipinski definition) is 4. The van der Waals surface area contributed by atoms with Crippen LogP contribution in [0.1, 0.15) is 6.42 Å². The van der Waals surface area contributed by atoms with Crippen molar-refractivity contribution in [3.05, 3.63) is 0 Å². The Morgan fingerprint density at radius 3 is 2.42 bits per heavy atom. The molecule has 0 aliphatic carbocycles. The molecule has 19 heavy (non-hydrogen) atoms. The molecule has 1 heterocycles. The van der Waals surface area contributed by atoms with Gasteiger partial charge in [-0.25, -0.2) is 4.79 Å². The Labute approximate surface area is 115 Å². The summed E-state index contributed by atoms with van der Waals surface area (Å²) in [7, 11) is -0.897. The summed E-state index contributed by atoms with van der Waals surface area (Å²) in [6, 6.07) is -0.136. The van der Waals surface area contributed by atoms with Gasteiger partial charge in [-0.05, 0) is 0 Å². The molecule has 0 spiro atoms. The van der Waals surface area contributed by atoms with Gasteiger partial charge in [0.2, 0.25) is 0 Å². The van der Waals surface area contributed by atoms with Crippen LogP contribution in [0.25, 0.3) is 0 Å². The van der Waals surface area contributed by atoms with Crippen LogP contribution in [-0.2, 0) is 15.6 Å². The first-order valence-corrected chi connectivity index (χ1v) is 7.98. The van der Waals surface area contributed by atoms with Crippen molar-refractivity contribution in [1.82, 2.24) is 15.1 Å². The smallest absolute Gasteiger partial charge is 0.317 e. The molecular weight excluding hydrogens is 270 g/mol. The first-order chi connectivity index (χ1) is 8.99. The molecule has 0 aromatic carbocycles. The average Bonchev–Trinajstić information content (AvgIpc) is 2.36. The molecule has 0 saturated carbocycles. The van der Waals surface area contributed by atoms with Gasteiger partial charge < -0.3 is 15.3 Å². The van der Waals surface area contributed by atoms with Crippen molar-refractivity contribution in [2.45, 2.75) is 6.42 Å². The lowest BCUT2D eigenvalue weighted by Crippen LogP contribution is -2.52. The summed E-state index contributed by atoms with van der Waals surface area (Å²) in [6.45, 7) is 3.53. The van der Waals surface area contributed by atoms with E-state index in [1.54, 1.807) is 11.2 Å². The number of aliphatic carboxylic acids is 1. The van der Waals surface area contributed by atoms with Gasteiger partial charge in [-0.1, -0.05) is 0 Å². The third-order valence-electron chi connectivity index (χ3n) is 2.97. The Hall–Kier alpha value is -1.15. The maximum atomic E-state index is 11.8. The molecule has 0 radical (unpaired) electrons. The Morgan fingerprint density at radius 2 is 1.89 bits per heavy atom. The molecule has 7 nitrogen and oxygen atoms in total. The van der Waals surface area contributed by atoms with Gasteiger partial charge in [-0.2, -0.15) is 0 Å². The maximum Gasteiger partial charge on any atom is 0.317 e. The molecule has 8 heteroatoms. The SMILES string of the molecule is CS(=O)CCNC(=O)N1CCN(CCC(=O)O)CC1. The minimum atomic E-state index is -0.897. The van der Waals surface area contributed by atoms with Crippen LogP contribution in [0.15, 0.2) is 0 Å². The van der Waals surface area contributed by atoms with Gasteiger partial charge in [0.1, 0.15) is 0 Å². The van der Waals surface area contributed by atoms with Gasteiger partial charge >= 0.3 is 12.0 Å². The molecule has 1 saturated heterocycles. The standard InChI is InChI=1S/C11H21N3O4S/c1-19(18)9-3-12-11(17)14-7-5-13(6-8-14)4-2-10(15)16/h2-9H2,1H3,(H,12,17)(H,15,16). The summed E-state index contributed by atoms with van der Waals surface area (Å²) in [5.74, 6) is -0.336. The number of urea groups is 1. The number of carbonyl (C=O) groups excluding carboxylic acids is 1. The van der Waals surface area contributed by atoms with Crippen LogP contribution >= 0.6 is 0 Å². The highest BCUT2D eigenvalue weighted by Gasteiger charge is 2.20. The van der Waals surface area contributed by atoms with E-state index in [2.05, 4.69) is 5.32 Å². The molecule has 110 valence electrons. The highest BCUT2D eigenvalue weighted by Crippen LogP contribution is 2.02. The van der Waals surface area contributed by atoms with Crippen LogP contribution in [0, 0.1) is 0 Å². The zero-order valence-corrected chi connectivity index (χ0v) is 11.9. The van der Waals surface area contributed by atoms with Crippen LogP contribution < -0.4 is 5.32 Å². The number of amides is 2. The van der Waals surface area contributed by atoms with Crippen molar-refractivity contribution < 1.29 is 18.9 Å². The molecule has 0 aromatic rings. The maximum absolute atomic E-state index is 11.8. The Balaban J connectivity index is 2.19. The van der Waals surface area contributed by atoms with Crippen LogP contribution in [0.2, 0.25) is 0 Å². The van der Waals surface area contributed by atoms with Crippen LogP contribution in [-0.4, -0.2) is 82.4 Å². The lowest BCUT2D eigenvalue weighted by atomic mass is 10.3. The Kier molecular flexibility index (Phi) is 6.79. The zero-order chi connectivity index (χ0) is 14.3. The molecule has 2 amide bonds. The van der Waals surface area contributed by atoms with Gasteiger partial charge in [0.05, 0.1) is 6.42 Å². The Morgan fingerprint density at radius 1 is 1.26 bits per heavy atom. The molecule has 0 aromatic heterocycles. The van der Waals surface area contributed by atoms with Gasteiger partial charge in [0.25, 0.3) is 0 Å². The molecular formula is C11H21N3O4S. The summed E-state index contributed by atoms with van der Waals surface area (Å²) in [5, 5.41) is 11.3. The van der Waals surface area contributed by atoms with E-state index >= 15 is 0 Å². The first-order valence-electron chi connectivity index (χ1n) is 6.26. The molecule has 1 unspecified atom stereocenters. The number of piperazine rings is 1. The minimum absolute atomic E-state index is 0.133. The highest BCUT2D eigenvalue weighted by atomic mass is 32.2. The zero-order valence-electron chi connectivity index (χ0n) is 11.1. The van der Waals surface area contributed by atoms with Gasteiger partial charge in [0.15, 0.2) is 0 Å². The summed E-state index contributed by atoms with van der Waals surface area (Å²) < 4.78 is 10.9. The summed E-state index contributed by atoms with van der Waals surface area (Å²) in [4.78, 5) is 26.0. The molecule has 1 aliphatic rings. The second kappa shape index (κ2) is 8.11. The monoisotopic (exact) mass is 291 g/mol. The molecule has 1 fully saturated rings. The van der Waals surface area contributed by atoms with E-state index in [0.29, 0.717) is 45.0 Å². The number of nitrogens with one attached hydrogen (secondary N) is 1. The number of rotatable bonds is 6. The van der Waals surface area contributed by atoms with E-state index in [9.17, 15) is 13.8 Å². The average molecular weight is 291 g/mol. The van der Waals surface area contributed by atoms with Crippen molar-refractivity contribution >= 4 is 22.8 Å². The summed E-state index contributed by atoms with van der Waals surface area (Å²) >= 11 is 0.